The summed E-state index contributed by atoms with van der Waals surface area (Å²) in [6, 6.07) is 5.19. The van der Waals surface area contributed by atoms with Crippen molar-refractivity contribution in [1.82, 2.24) is 0 Å². The van der Waals surface area contributed by atoms with Crippen molar-refractivity contribution >= 4 is 24.7 Å². The first-order valence-corrected chi connectivity index (χ1v) is 5.93. The van der Waals surface area contributed by atoms with Gasteiger partial charge in [-0.15, -0.1) is 12.6 Å². The molecule has 1 atom stereocenters. The minimum absolute atomic E-state index is 0.331. The van der Waals surface area contributed by atoms with Gasteiger partial charge in [-0.3, -0.25) is 0 Å². The lowest BCUT2D eigenvalue weighted by molar-refractivity contribution is 0.0525. The summed E-state index contributed by atoms with van der Waals surface area (Å²) in [5.74, 6) is -0.375. The van der Waals surface area contributed by atoms with E-state index in [1.54, 1.807) is 31.2 Å². The van der Waals surface area contributed by atoms with Crippen LogP contribution >= 0.6 is 12.6 Å². The largest absolute Gasteiger partial charge is 0.462 e. The van der Waals surface area contributed by atoms with Crippen LogP contribution in [-0.4, -0.2) is 17.7 Å². The summed E-state index contributed by atoms with van der Waals surface area (Å²) in [6.07, 6.45) is 4.06. The molecule has 0 spiro atoms. The number of benzene rings is 1. The minimum Gasteiger partial charge on any atom is -0.462 e. The summed E-state index contributed by atoms with van der Waals surface area (Å²) in [4.78, 5) is 10.5. The van der Waals surface area contributed by atoms with Gasteiger partial charge in [-0.05, 0) is 18.6 Å². The molecule has 2 rings (SSSR count). The van der Waals surface area contributed by atoms with Gasteiger partial charge in [0.25, 0.3) is 0 Å². The number of fused-ring (bicyclic) bond motifs is 1. The molecule has 17 heavy (non-hydrogen) atoms. The van der Waals surface area contributed by atoms with E-state index in [0.717, 1.165) is 0 Å². The number of aliphatic hydroxyl groups is 1. The fraction of sp³-hybridized carbons (Fsp3) is 0.308. The molecule has 0 saturated heterocycles. The zero-order chi connectivity index (χ0) is 12.5. The van der Waals surface area contributed by atoms with Crippen molar-refractivity contribution in [3.8, 4) is 0 Å². The highest BCUT2D eigenvalue weighted by molar-refractivity contribution is 7.81. The second-order valence-corrected chi connectivity index (χ2v) is 4.65. The number of hydrogen-bond acceptors (Lipinski definition) is 4. The molecule has 90 valence electrons. The first-order chi connectivity index (χ1) is 8.06. The van der Waals surface area contributed by atoms with Crippen molar-refractivity contribution in [2.45, 2.75) is 18.3 Å². The maximum Gasteiger partial charge on any atom is 0.338 e. The lowest BCUT2D eigenvalue weighted by atomic mass is 9.90. The van der Waals surface area contributed by atoms with Crippen LogP contribution < -0.4 is 0 Å². The highest BCUT2D eigenvalue weighted by Gasteiger charge is 2.30. The van der Waals surface area contributed by atoms with Crippen LogP contribution in [0.2, 0.25) is 0 Å². The van der Waals surface area contributed by atoms with E-state index in [2.05, 4.69) is 12.6 Å². The van der Waals surface area contributed by atoms with Crippen LogP contribution in [0.15, 0.2) is 24.3 Å². The van der Waals surface area contributed by atoms with Crippen LogP contribution in [0.3, 0.4) is 0 Å². The van der Waals surface area contributed by atoms with Crippen molar-refractivity contribution in [3.05, 3.63) is 41.0 Å². The van der Waals surface area contributed by atoms with Crippen molar-refractivity contribution in [1.29, 1.82) is 0 Å². The van der Waals surface area contributed by atoms with E-state index in [4.69, 9.17) is 4.74 Å². The van der Waals surface area contributed by atoms with E-state index in [-0.39, 0.29) is 5.97 Å². The number of hydrogen-bond donors (Lipinski definition) is 2. The minimum atomic E-state index is -1.22. The average Bonchev–Trinajstić information content (AvgIpc) is 2.28. The zero-order valence-corrected chi connectivity index (χ0v) is 10.4. The van der Waals surface area contributed by atoms with Crippen molar-refractivity contribution < 1.29 is 14.6 Å². The van der Waals surface area contributed by atoms with Crippen LogP contribution in [0.25, 0.3) is 6.08 Å². The van der Waals surface area contributed by atoms with E-state index in [9.17, 15) is 9.90 Å². The molecular formula is C13H14O3S. The van der Waals surface area contributed by atoms with Gasteiger partial charge < -0.3 is 9.84 Å². The van der Waals surface area contributed by atoms with Gasteiger partial charge in [0.2, 0.25) is 0 Å². The van der Waals surface area contributed by atoms with Crippen LogP contribution in [0, 0.1) is 0 Å². The summed E-state index contributed by atoms with van der Waals surface area (Å²) in [6.45, 7) is 2.09. The Kier molecular flexibility index (Phi) is 3.26. The molecule has 0 saturated carbocycles. The van der Waals surface area contributed by atoms with Gasteiger partial charge in [0.1, 0.15) is 4.93 Å². The second-order valence-electron chi connectivity index (χ2n) is 3.91. The highest BCUT2D eigenvalue weighted by Crippen LogP contribution is 2.37. The Morgan fingerprint density at radius 3 is 3.06 bits per heavy atom. The molecule has 1 aromatic rings. The molecule has 1 aliphatic carbocycles. The van der Waals surface area contributed by atoms with Gasteiger partial charge in [-0.2, -0.15) is 0 Å². The molecule has 1 aliphatic rings. The molecule has 1 aromatic carbocycles. The number of thiol groups is 1. The number of carbonyl (C=O) groups is 1. The van der Waals surface area contributed by atoms with E-state index >= 15 is 0 Å². The van der Waals surface area contributed by atoms with Gasteiger partial charge in [0, 0.05) is 12.0 Å². The third kappa shape index (κ3) is 2.23. The first-order valence-electron chi connectivity index (χ1n) is 5.48. The Hall–Kier alpha value is -1.26. The van der Waals surface area contributed by atoms with E-state index in [1.807, 2.05) is 6.08 Å². The molecule has 0 radical (unpaired) electrons. The summed E-state index contributed by atoms with van der Waals surface area (Å²) in [5, 5.41) is 10.1. The lowest BCUT2D eigenvalue weighted by Gasteiger charge is -2.27. The van der Waals surface area contributed by atoms with Crippen LogP contribution in [0.4, 0.5) is 0 Å². The molecule has 3 nitrogen and oxygen atoms in total. The average molecular weight is 250 g/mol. The van der Waals surface area contributed by atoms with E-state index in [1.165, 1.54) is 0 Å². The Morgan fingerprint density at radius 2 is 2.35 bits per heavy atom. The van der Waals surface area contributed by atoms with Gasteiger partial charge in [-0.25, -0.2) is 4.79 Å². The van der Waals surface area contributed by atoms with E-state index < -0.39 is 4.93 Å². The molecule has 1 N–H and O–H groups in total. The topological polar surface area (TPSA) is 46.5 Å². The van der Waals surface area contributed by atoms with Crippen molar-refractivity contribution in [2.24, 2.45) is 0 Å². The van der Waals surface area contributed by atoms with E-state index in [0.29, 0.717) is 29.7 Å². The fourth-order valence-corrected chi connectivity index (χ4v) is 2.23. The predicted octanol–water partition coefficient (Wildman–Crippen LogP) is 2.36. The number of carbonyl (C=O) groups excluding carboxylic acids is 1. The fourth-order valence-electron chi connectivity index (χ4n) is 1.93. The third-order valence-corrected chi connectivity index (χ3v) is 3.14. The second kappa shape index (κ2) is 4.55. The van der Waals surface area contributed by atoms with Crippen molar-refractivity contribution in [3.63, 3.8) is 0 Å². The number of rotatable bonds is 2. The summed E-state index contributed by atoms with van der Waals surface area (Å²) in [7, 11) is 0. The Labute approximate surface area is 106 Å². The normalized spacial score (nSPS) is 22.1. The Bertz CT molecular complexity index is 478. The highest BCUT2D eigenvalue weighted by atomic mass is 32.1. The summed E-state index contributed by atoms with van der Waals surface area (Å²) >= 11 is 4.22. The monoisotopic (exact) mass is 250 g/mol. The molecular weight excluding hydrogens is 236 g/mol. The molecule has 1 unspecified atom stereocenters. The number of ether oxygens (including phenoxy) is 1. The summed E-state index contributed by atoms with van der Waals surface area (Å²) in [5.41, 5.74) is 1.80. The number of esters is 1. The summed E-state index contributed by atoms with van der Waals surface area (Å²) < 4.78 is 4.98. The maximum absolute atomic E-state index is 11.8. The quantitative estimate of drug-likeness (QED) is 0.481. The van der Waals surface area contributed by atoms with Crippen LogP contribution in [-0.2, 0) is 9.67 Å². The molecule has 0 aliphatic heterocycles. The third-order valence-electron chi connectivity index (χ3n) is 2.72. The van der Waals surface area contributed by atoms with Gasteiger partial charge in [0.15, 0.2) is 0 Å². The van der Waals surface area contributed by atoms with Crippen LogP contribution in [0.5, 0.6) is 0 Å². The smallest absolute Gasteiger partial charge is 0.338 e. The molecule has 4 heteroatoms. The first kappa shape index (κ1) is 12.2. The SMILES string of the molecule is CCOC(=O)c1cccc2c1C=CCC2(O)S. The molecule has 0 aromatic heterocycles. The molecule has 0 amide bonds. The van der Waals surface area contributed by atoms with Gasteiger partial charge in [0.05, 0.1) is 12.2 Å². The molecule has 0 heterocycles. The maximum atomic E-state index is 11.8. The van der Waals surface area contributed by atoms with Gasteiger partial charge >= 0.3 is 5.97 Å². The standard InChI is InChI=1S/C13H14O3S/c1-2-16-12(14)10-5-3-7-11-9(10)6-4-8-13(11,15)17/h3-7,15,17H,2,8H2,1H3. The van der Waals surface area contributed by atoms with Crippen molar-refractivity contribution in [2.75, 3.05) is 6.61 Å². The lowest BCUT2D eigenvalue weighted by Crippen LogP contribution is -2.22. The Balaban J connectivity index is 2.52. The molecule has 0 bridgehead atoms. The molecule has 0 fully saturated rings. The van der Waals surface area contributed by atoms with Gasteiger partial charge in [-0.1, -0.05) is 24.3 Å². The predicted molar refractivity (Wildman–Crippen MR) is 68.9 cm³/mol. The van der Waals surface area contributed by atoms with Crippen LogP contribution in [0.1, 0.15) is 34.8 Å². The zero-order valence-electron chi connectivity index (χ0n) is 9.51. The Morgan fingerprint density at radius 1 is 1.59 bits per heavy atom.